The molecule has 0 aliphatic rings. The van der Waals surface area contributed by atoms with E-state index in [2.05, 4.69) is 20.7 Å². The maximum atomic E-state index is 13.2. The van der Waals surface area contributed by atoms with Gasteiger partial charge < -0.3 is 5.11 Å². The molecule has 2 N–H and O–H groups in total. The number of hydrogen-bond donors (Lipinski definition) is 2. The minimum atomic E-state index is -4.01. The van der Waals surface area contributed by atoms with Gasteiger partial charge in [-0.05, 0) is 51.8 Å². The summed E-state index contributed by atoms with van der Waals surface area (Å²) in [5.74, 6) is -0.578. The molecule has 21 heavy (non-hydrogen) atoms. The second-order valence-corrected chi connectivity index (χ2v) is 7.06. The largest absolute Gasteiger partial charge is 0.392 e. The van der Waals surface area contributed by atoms with Gasteiger partial charge in [0, 0.05) is 4.47 Å². The number of aliphatic hydroxyl groups excluding tert-OH is 1. The van der Waals surface area contributed by atoms with Gasteiger partial charge in [0.05, 0.1) is 17.3 Å². The van der Waals surface area contributed by atoms with Crippen LogP contribution in [-0.2, 0) is 16.6 Å². The highest BCUT2D eigenvalue weighted by molar-refractivity contribution is 9.10. The summed E-state index contributed by atoms with van der Waals surface area (Å²) in [4.78, 5) is -0.188. The van der Waals surface area contributed by atoms with Gasteiger partial charge in [-0.3, -0.25) is 4.72 Å². The first-order valence-corrected chi connectivity index (χ1v) is 8.36. The molecule has 0 heterocycles. The molecule has 2 aromatic carbocycles. The molecule has 0 saturated carbocycles. The van der Waals surface area contributed by atoms with Crippen LogP contribution in [0, 0.1) is 5.82 Å². The van der Waals surface area contributed by atoms with Crippen LogP contribution < -0.4 is 4.72 Å². The number of benzene rings is 2. The summed E-state index contributed by atoms with van der Waals surface area (Å²) in [6.07, 6.45) is 0. The van der Waals surface area contributed by atoms with Crippen molar-refractivity contribution in [3.05, 3.63) is 57.3 Å². The number of rotatable bonds is 4. The Hall–Kier alpha value is -1.15. The molecule has 8 heteroatoms. The molecule has 0 aromatic heterocycles. The van der Waals surface area contributed by atoms with Crippen molar-refractivity contribution in [3.8, 4) is 0 Å². The second kappa shape index (κ2) is 6.31. The summed E-state index contributed by atoms with van der Waals surface area (Å²) in [6, 6.07) is 7.78. The predicted molar refractivity (Wildman–Crippen MR) is 82.3 cm³/mol. The van der Waals surface area contributed by atoms with Gasteiger partial charge in [0.15, 0.2) is 0 Å². The van der Waals surface area contributed by atoms with Gasteiger partial charge in [0.25, 0.3) is 10.0 Å². The van der Waals surface area contributed by atoms with E-state index in [4.69, 9.17) is 16.7 Å². The van der Waals surface area contributed by atoms with Crippen LogP contribution in [0.2, 0.25) is 5.02 Å². The zero-order valence-corrected chi connectivity index (χ0v) is 13.6. The lowest BCUT2D eigenvalue weighted by Gasteiger charge is -2.12. The van der Waals surface area contributed by atoms with Crippen LogP contribution in [0.4, 0.5) is 10.1 Å². The number of halogens is 3. The first-order valence-electron chi connectivity index (χ1n) is 5.70. The molecule has 0 unspecified atom stereocenters. The van der Waals surface area contributed by atoms with E-state index in [1.807, 2.05) is 0 Å². The maximum Gasteiger partial charge on any atom is 0.263 e. The van der Waals surface area contributed by atoms with Crippen LogP contribution >= 0.6 is 27.5 Å². The molecule has 0 spiro atoms. The Morgan fingerprint density at radius 3 is 2.62 bits per heavy atom. The van der Waals surface area contributed by atoms with Crippen molar-refractivity contribution in [2.75, 3.05) is 4.72 Å². The van der Waals surface area contributed by atoms with Gasteiger partial charge in [-0.1, -0.05) is 17.7 Å². The third kappa shape index (κ3) is 3.74. The molecule has 0 aliphatic heterocycles. The summed E-state index contributed by atoms with van der Waals surface area (Å²) >= 11 is 9.02. The zero-order valence-electron chi connectivity index (χ0n) is 10.5. The SMILES string of the molecule is O=S(=O)(Nc1cc(F)ccc1Br)c1cc(CO)ccc1Cl. The van der Waals surface area contributed by atoms with Gasteiger partial charge in [-0.2, -0.15) is 0 Å². The van der Waals surface area contributed by atoms with Gasteiger partial charge in [-0.25, -0.2) is 12.8 Å². The molecule has 0 aliphatic carbocycles. The normalized spacial score (nSPS) is 11.4. The van der Waals surface area contributed by atoms with Crippen LogP contribution in [0.15, 0.2) is 45.8 Å². The first kappa shape index (κ1) is 16.2. The number of aliphatic hydroxyl groups is 1. The Kier molecular flexibility index (Phi) is 4.88. The van der Waals surface area contributed by atoms with Gasteiger partial charge in [0.1, 0.15) is 10.7 Å². The van der Waals surface area contributed by atoms with Gasteiger partial charge in [-0.15, -0.1) is 0 Å². The quantitative estimate of drug-likeness (QED) is 0.833. The molecule has 2 rings (SSSR count). The topological polar surface area (TPSA) is 66.4 Å². The first-order chi connectivity index (χ1) is 9.83. The minimum Gasteiger partial charge on any atom is -0.392 e. The summed E-state index contributed by atoms with van der Waals surface area (Å²) in [7, 11) is -4.01. The van der Waals surface area contributed by atoms with E-state index in [1.165, 1.54) is 30.3 Å². The Morgan fingerprint density at radius 2 is 1.95 bits per heavy atom. The third-order valence-electron chi connectivity index (χ3n) is 2.64. The summed E-state index contributed by atoms with van der Waals surface area (Å²) in [5, 5.41) is 9.08. The second-order valence-electron chi connectivity index (χ2n) is 4.15. The lowest BCUT2D eigenvalue weighted by atomic mass is 10.2. The molecule has 0 saturated heterocycles. The molecule has 0 amide bonds. The number of anilines is 1. The molecule has 0 radical (unpaired) electrons. The van der Waals surface area contributed by atoms with Gasteiger partial charge >= 0.3 is 0 Å². The van der Waals surface area contributed by atoms with E-state index in [0.29, 0.717) is 10.0 Å². The zero-order chi connectivity index (χ0) is 15.6. The molecular weight excluding hydrogens is 385 g/mol. The summed E-state index contributed by atoms with van der Waals surface area (Å²) in [5.41, 5.74) is 0.457. The molecule has 0 atom stereocenters. The van der Waals surface area contributed by atoms with Crippen LogP contribution in [0.25, 0.3) is 0 Å². The van der Waals surface area contributed by atoms with Crippen LogP contribution in [0.1, 0.15) is 5.56 Å². The summed E-state index contributed by atoms with van der Waals surface area (Å²) < 4.78 is 40.5. The van der Waals surface area contributed by atoms with Crippen molar-refractivity contribution in [2.24, 2.45) is 0 Å². The van der Waals surface area contributed by atoms with Gasteiger partial charge in [0.2, 0.25) is 0 Å². The Bertz CT molecular complexity index is 783. The molecule has 4 nitrogen and oxygen atoms in total. The highest BCUT2D eigenvalue weighted by Crippen LogP contribution is 2.29. The van der Waals surface area contributed by atoms with Crippen molar-refractivity contribution in [3.63, 3.8) is 0 Å². The number of sulfonamides is 1. The van der Waals surface area contributed by atoms with Crippen molar-refractivity contribution in [2.45, 2.75) is 11.5 Å². The number of nitrogens with one attached hydrogen (secondary N) is 1. The van der Waals surface area contributed by atoms with Crippen LogP contribution in [0.3, 0.4) is 0 Å². The van der Waals surface area contributed by atoms with E-state index >= 15 is 0 Å². The van der Waals surface area contributed by atoms with Crippen molar-refractivity contribution in [1.82, 2.24) is 0 Å². The van der Waals surface area contributed by atoms with E-state index in [1.54, 1.807) is 0 Å². The molecular formula is C13H10BrClFNO3S. The fourth-order valence-corrected chi connectivity index (χ4v) is 3.73. The highest BCUT2D eigenvalue weighted by Gasteiger charge is 2.20. The van der Waals surface area contributed by atoms with E-state index < -0.39 is 15.8 Å². The van der Waals surface area contributed by atoms with Crippen LogP contribution in [0.5, 0.6) is 0 Å². The smallest absolute Gasteiger partial charge is 0.263 e. The fraction of sp³-hybridized carbons (Fsp3) is 0.0769. The third-order valence-corrected chi connectivity index (χ3v) is 5.18. The van der Waals surface area contributed by atoms with Crippen LogP contribution in [-0.4, -0.2) is 13.5 Å². The lowest BCUT2D eigenvalue weighted by Crippen LogP contribution is -2.14. The average Bonchev–Trinajstić information content (AvgIpc) is 2.43. The molecule has 112 valence electrons. The Morgan fingerprint density at radius 1 is 1.24 bits per heavy atom. The molecule has 2 aromatic rings. The predicted octanol–water partition coefficient (Wildman–Crippen LogP) is 3.53. The Labute approximate surface area is 134 Å². The maximum absolute atomic E-state index is 13.2. The molecule has 0 bridgehead atoms. The lowest BCUT2D eigenvalue weighted by molar-refractivity contribution is 0.281. The minimum absolute atomic E-state index is 0.00669. The van der Waals surface area contributed by atoms with E-state index in [9.17, 15) is 12.8 Å². The standard InChI is InChI=1S/C13H10BrClFNO3S/c14-10-3-2-9(16)6-12(10)17-21(19,20)13-5-8(7-18)1-4-11(13)15/h1-6,17-18H,7H2. The average molecular weight is 395 g/mol. The van der Waals surface area contributed by atoms with Crippen molar-refractivity contribution in [1.29, 1.82) is 0 Å². The van der Waals surface area contributed by atoms with Crippen molar-refractivity contribution >= 4 is 43.2 Å². The highest BCUT2D eigenvalue weighted by atomic mass is 79.9. The summed E-state index contributed by atoms with van der Waals surface area (Å²) in [6.45, 7) is -0.316. The van der Waals surface area contributed by atoms with E-state index in [-0.39, 0.29) is 22.2 Å². The molecule has 0 fully saturated rings. The monoisotopic (exact) mass is 393 g/mol. The number of hydrogen-bond acceptors (Lipinski definition) is 3. The Balaban J connectivity index is 2.45. The van der Waals surface area contributed by atoms with E-state index in [0.717, 1.165) is 6.07 Å². The fourth-order valence-electron chi connectivity index (χ4n) is 1.63. The van der Waals surface area contributed by atoms with Crippen molar-refractivity contribution < 1.29 is 17.9 Å².